The van der Waals surface area contributed by atoms with E-state index in [1.807, 2.05) is 0 Å². The minimum Gasteiger partial charge on any atom is -0.390 e. The van der Waals surface area contributed by atoms with Crippen LogP contribution in [0.2, 0.25) is 0 Å². The summed E-state index contributed by atoms with van der Waals surface area (Å²) in [5.41, 5.74) is 0.565. The molecule has 0 aromatic rings. The molecule has 0 aliphatic carbocycles. The summed E-state index contributed by atoms with van der Waals surface area (Å²) in [6.07, 6.45) is 0. The van der Waals surface area contributed by atoms with Gasteiger partial charge in [0.2, 0.25) is 0 Å². The van der Waals surface area contributed by atoms with Crippen LogP contribution in [-0.2, 0) is 0 Å². The number of hydrogen-bond donors (Lipinski definition) is 1. The van der Waals surface area contributed by atoms with Crippen molar-refractivity contribution in [2.45, 2.75) is 6.92 Å². The normalized spacial score (nSPS) is 13.1. The lowest BCUT2D eigenvalue weighted by molar-refractivity contribution is 0.356. The third-order valence-electron chi connectivity index (χ3n) is 0.534. The highest BCUT2D eigenvalue weighted by molar-refractivity contribution is 5.82. The Balaban J connectivity index is 3.57. The number of nitrogens with zero attached hydrogens (tertiary/aromatic N) is 3. The van der Waals surface area contributed by atoms with Crippen LogP contribution >= 0.6 is 0 Å². The number of aliphatic hydroxyl groups is 1. The van der Waals surface area contributed by atoms with Crippen LogP contribution in [0.1, 0.15) is 6.92 Å². The highest BCUT2D eigenvalue weighted by Gasteiger charge is 1.80. The van der Waals surface area contributed by atoms with Gasteiger partial charge in [0.25, 0.3) is 0 Å². The molecule has 0 bridgehead atoms. The van der Waals surface area contributed by atoms with E-state index in [1.165, 1.54) is 7.05 Å². The van der Waals surface area contributed by atoms with Crippen LogP contribution in [0.5, 0.6) is 0 Å². The van der Waals surface area contributed by atoms with Crippen molar-refractivity contribution in [1.82, 2.24) is 0 Å². The van der Waals surface area contributed by atoms with E-state index in [0.29, 0.717) is 5.71 Å². The predicted octanol–water partition coefficient (Wildman–Crippen LogP) is 0.437. The smallest absolute Gasteiger partial charge is 0.0830 e. The summed E-state index contributed by atoms with van der Waals surface area (Å²) in [5, 5.41) is 18.5. The molecule has 0 aliphatic rings. The van der Waals surface area contributed by atoms with Crippen LogP contribution in [0.15, 0.2) is 15.4 Å². The molecule has 0 rings (SSSR count). The summed E-state index contributed by atoms with van der Waals surface area (Å²) < 4.78 is 0. The molecule has 0 spiro atoms. The lowest BCUT2D eigenvalue weighted by atomic mass is 10.5. The highest BCUT2D eigenvalue weighted by Crippen LogP contribution is 1.76. The number of rotatable bonds is 2. The van der Waals surface area contributed by atoms with Crippen LogP contribution in [0.25, 0.3) is 0 Å². The molecule has 4 heteroatoms. The van der Waals surface area contributed by atoms with E-state index in [1.54, 1.807) is 6.92 Å². The molecule has 1 N–H and O–H groups in total. The molecule has 0 saturated heterocycles. The molecule has 8 heavy (non-hydrogen) atoms. The lowest BCUT2D eigenvalue weighted by Crippen LogP contribution is -1.95. The molecule has 46 valence electrons. The molecule has 0 aliphatic heterocycles. The van der Waals surface area contributed by atoms with Crippen LogP contribution in [0, 0.1) is 0 Å². The van der Waals surface area contributed by atoms with Gasteiger partial charge in [-0.25, -0.2) is 0 Å². The second-order valence-corrected chi connectivity index (χ2v) is 1.28. The van der Waals surface area contributed by atoms with E-state index in [4.69, 9.17) is 5.11 Å². The van der Waals surface area contributed by atoms with E-state index in [9.17, 15) is 0 Å². The molecular weight excluding hydrogens is 106 g/mol. The number of aliphatic hydroxyl groups excluding tert-OH is 1. The van der Waals surface area contributed by atoms with Crippen LogP contribution in [0.4, 0.5) is 0 Å². The summed E-state index contributed by atoms with van der Waals surface area (Å²) in [4.78, 5) is 0. The van der Waals surface area contributed by atoms with Crippen molar-refractivity contribution in [2.24, 2.45) is 15.4 Å². The molecule has 0 saturated carbocycles. The highest BCUT2D eigenvalue weighted by atomic mass is 16.3. The summed E-state index contributed by atoms with van der Waals surface area (Å²) in [5.74, 6) is 0. The molecule has 0 amide bonds. The Kier molecular flexibility index (Phi) is 3.97. The predicted molar refractivity (Wildman–Crippen MR) is 31.0 cm³/mol. The first-order valence-electron chi connectivity index (χ1n) is 2.24. The fourth-order valence-electron chi connectivity index (χ4n) is 0.153. The topological polar surface area (TPSA) is 57.3 Å². The molecule has 0 fully saturated rings. The van der Waals surface area contributed by atoms with Crippen molar-refractivity contribution in [2.75, 3.05) is 13.7 Å². The maximum absolute atomic E-state index is 8.33. The van der Waals surface area contributed by atoms with Gasteiger partial charge in [0.1, 0.15) is 0 Å². The van der Waals surface area contributed by atoms with Gasteiger partial charge < -0.3 is 5.11 Å². The van der Waals surface area contributed by atoms with E-state index in [2.05, 4.69) is 15.4 Å². The van der Waals surface area contributed by atoms with Crippen LogP contribution < -0.4 is 0 Å². The van der Waals surface area contributed by atoms with Gasteiger partial charge in [-0.15, -0.1) is 5.10 Å². The van der Waals surface area contributed by atoms with Gasteiger partial charge in [0.05, 0.1) is 19.4 Å². The fraction of sp³-hybridized carbons (Fsp3) is 0.750. The Labute approximate surface area is 47.9 Å². The second kappa shape index (κ2) is 4.39. The lowest BCUT2D eigenvalue weighted by Gasteiger charge is -1.83. The van der Waals surface area contributed by atoms with E-state index >= 15 is 0 Å². The molecular formula is C4H9N3O. The van der Waals surface area contributed by atoms with Gasteiger partial charge in [-0.05, 0) is 12.1 Å². The van der Waals surface area contributed by atoms with Crippen LogP contribution in [-0.4, -0.2) is 24.5 Å². The third-order valence-corrected chi connectivity index (χ3v) is 0.534. The van der Waals surface area contributed by atoms with Crippen molar-refractivity contribution in [3.8, 4) is 0 Å². The standard InChI is InChI=1S/C4H9N3O/c1-4(3-8)6-7-5-2/h8H,3H2,1-2H3/b6-4+,7-5-. The summed E-state index contributed by atoms with van der Waals surface area (Å²) in [6.45, 7) is 1.62. The van der Waals surface area contributed by atoms with Crippen molar-refractivity contribution in [3.63, 3.8) is 0 Å². The van der Waals surface area contributed by atoms with Gasteiger partial charge >= 0.3 is 0 Å². The van der Waals surface area contributed by atoms with Crippen molar-refractivity contribution in [3.05, 3.63) is 0 Å². The molecule has 0 atom stereocenters. The molecule has 0 unspecified atom stereocenters. The van der Waals surface area contributed by atoms with Crippen molar-refractivity contribution in [1.29, 1.82) is 0 Å². The molecule has 4 nitrogen and oxygen atoms in total. The molecule has 0 aromatic carbocycles. The third kappa shape index (κ3) is 3.42. The maximum Gasteiger partial charge on any atom is 0.0830 e. The molecule has 0 aromatic heterocycles. The van der Waals surface area contributed by atoms with Gasteiger partial charge in [-0.3, -0.25) is 0 Å². The Morgan fingerprint density at radius 3 is 2.62 bits per heavy atom. The second-order valence-electron chi connectivity index (χ2n) is 1.28. The largest absolute Gasteiger partial charge is 0.390 e. The van der Waals surface area contributed by atoms with Crippen molar-refractivity contribution < 1.29 is 5.11 Å². The fourth-order valence-corrected chi connectivity index (χ4v) is 0.153. The SMILES string of the molecule is C/N=N\N=C(/C)CO. The minimum atomic E-state index is -0.0565. The maximum atomic E-state index is 8.33. The minimum absolute atomic E-state index is 0.0565. The first-order valence-corrected chi connectivity index (χ1v) is 2.24. The zero-order chi connectivity index (χ0) is 6.41. The Bertz CT molecular complexity index is 108. The first kappa shape index (κ1) is 7.23. The molecule has 0 radical (unpaired) electrons. The van der Waals surface area contributed by atoms with E-state index in [-0.39, 0.29) is 6.61 Å². The van der Waals surface area contributed by atoms with Gasteiger partial charge in [0.15, 0.2) is 0 Å². The van der Waals surface area contributed by atoms with Crippen LogP contribution in [0.3, 0.4) is 0 Å². The average Bonchev–Trinajstić information content (AvgIpc) is 1.83. The van der Waals surface area contributed by atoms with Crippen molar-refractivity contribution >= 4 is 5.71 Å². The summed E-state index contributed by atoms with van der Waals surface area (Å²) in [6, 6.07) is 0. The quantitative estimate of drug-likeness (QED) is 0.317. The Hall–Kier alpha value is -0.770. The zero-order valence-electron chi connectivity index (χ0n) is 5.00. The average molecular weight is 115 g/mol. The Morgan fingerprint density at radius 2 is 2.25 bits per heavy atom. The number of hydrogen-bond acceptors (Lipinski definition) is 3. The monoisotopic (exact) mass is 115 g/mol. The first-order chi connectivity index (χ1) is 3.81. The van der Waals surface area contributed by atoms with Gasteiger partial charge in [-0.1, -0.05) is 0 Å². The summed E-state index contributed by atoms with van der Waals surface area (Å²) >= 11 is 0. The molecule has 0 heterocycles. The Morgan fingerprint density at radius 1 is 1.62 bits per heavy atom. The zero-order valence-corrected chi connectivity index (χ0v) is 5.00. The summed E-state index contributed by atoms with van der Waals surface area (Å²) in [7, 11) is 1.52. The van der Waals surface area contributed by atoms with E-state index in [0.717, 1.165) is 0 Å². The van der Waals surface area contributed by atoms with Gasteiger partial charge in [0, 0.05) is 0 Å². The van der Waals surface area contributed by atoms with Gasteiger partial charge in [-0.2, -0.15) is 5.11 Å². The van der Waals surface area contributed by atoms with E-state index < -0.39 is 0 Å².